The van der Waals surface area contributed by atoms with Crippen LogP contribution in [0.4, 0.5) is 18.9 Å². The van der Waals surface area contributed by atoms with Gasteiger partial charge in [0.25, 0.3) is 11.8 Å². The highest BCUT2D eigenvalue weighted by molar-refractivity contribution is 6.02. The van der Waals surface area contributed by atoms with E-state index >= 15 is 0 Å². The lowest BCUT2D eigenvalue weighted by atomic mass is 9.91. The highest BCUT2D eigenvalue weighted by Crippen LogP contribution is 2.36. The summed E-state index contributed by atoms with van der Waals surface area (Å²) >= 11 is 0. The number of carbonyl (C=O) groups excluding carboxylic acids is 2. The normalized spacial score (nSPS) is 15.3. The minimum absolute atomic E-state index is 0.243. The third-order valence-electron chi connectivity index (χ3n) is 6.21. The molecular formula is C27H26F3N3O2. The van der Waals surface area contributed by atoms with Crippen LogP contribution in [0, 0.1) is 0 Å². The maximum Gasteiger partial charge on any atom is 0.418 e. The van der Waals surface area contributed by atoms with E-state index in [0.717, 1.165) is 25.3 Å². The summed E-state index contributed by atoms with van der Waals surface area (Å²) in [5.74, 6) is -1.09. The molecule has 4 rings (SSSR count). The number of alkyl halides is 3. The van der Waals surface area contributed by atoms with Crippen LogP contribution in [0.2, 0.25) is 0 Å². The van der Waals surface area contributed by atoms with Crippen LogP contribution in [0.25, 0.3) is 0 Å². The van der Waals surface area contributed by atoms with E-state index in [0.29, 0.717) is 24.1 Å². The average Bonchev–Trinajstić information content (AvgIpc) is 2.88. The van der Waals surface area contributed by atoms with Gasteiger partial charge in [-0.1, -0.05) is 55.7 Å². The van der Waals surface area contributed by atoms with Gasteiger partial charge >= 0.3 is 6.18 Å². The van der Waals surface area contributed by atoms with Gasteiger partial charge in [0, 0.05) is 17.8 Å². The molecule has 0 radical (unpaired) electrons. The Kier molecular flexibility index (Phi) is 7.48. The molecule has 1 atom stereocenters. The van der Waals surface area contributed by atoms with E-state index in [2.05, 4.69) is 10.3 Å². The van der Waals surface area contributed by atoms with Crippen molar-refractivity contribution in [3.05, 3.63) is 95.8 Å². The van der Waals surface area contributed by atoms with E-state index in [9.17, 15) is 22.8 Å². The lowest BCUT2D eigenvalue weighted by molar-refractivity contribution is -0.137. The average molecular weight is 482 g/mol. The first-order chi connectivity index (χ1) is 16.9. The molecule has 0 aliphatic heterocycles. The summed E-state index contributed by atoms with van der Waals surface area (Å²) in [5, 5.41) is 2.45. The first kappa shape index (κ1) is 24.4. The minimum atomic E-state index is -4.65. The van der Waals surface area contributed by atoms with Gasteiger partial charge in [0.15, 0.2) is 6.04 Å². The van der Waals surface area contributed by atoms with Gasteiger partial charge in [-0.2, -0.15) is 13.2 Å². The molecule has 1 heterocycles. The summed E-state index contributed by atoms with van der Waals surface area (Å²) in [7, 11) is 0. The SMILES string of the molecule is O=C(Nc1ccccc1C(F)(F)F)C(c1ccccn1)N(C(=O)c1ccccc1)C1CCCCC1. The second kappa shape index (κ2) is 10.7. The molecule has 1 N–H and O–H groups in total. The number of anilines is 1. The lowest BCUT2D eigenvalue weighted by Crippen LogP contribution is -2.48. The van der Waals surface area contributed by atoms with Crippen LogP contribution in [0.1, 0.15) is 59.8 Å². The molecule has 2 aromatic carbocycles. The molecule has 1 aromatic heterocycles. The van der Waals surface area contributed by atoms with Crippen molar-refractivity contribution in [3.63, 3.8) is 0 Å². The molecule has 3 aromatic rings. The Hall–Kier alpha value is -3.68. The van der Waals surface area contributed by atoms with Crippen molar-refractivity contribution >= 4 is 17.5 Å². The molecule has 0 saturated heterocycles. The number of halogens is 3. The second-order valence-electron chi connectivity index (χ2n) is 8.56. The third kappa shape index (κ3) is 5.70. The van der Waals surface area contributed by atoms with Gasteiger partial charge in [0.05, 0.1) is 16.9 Å². The van der Waals surface area contributed by atoms with Gasteiger partial charge in [-0.25, -0.2) is 0 Å². The number of nitrogens with one attached hydrogen (secondary N) is 1. The molecule has 2 amide bonds. The fraction of sp³-hybridized carbons (Fsp3) is 0.296. The van der Waals surface area contributed by atoms with Gasteiger partial charge in [-0.15, -0.1) is 0 Å². The zero-order chi connectivity index (χ0) is 24.8. The first-order valence-corrected chi connectivity index (χ1v) is 11.6. The highest BCUT2D eigenvalue weighted by Gasteiger charge is 2.39. The van der Waals surface area contributed by atoms with Gasteiger partial charge < -0.3 is 10.2 Å². The number of para-hydroxylation sites is 1. The van der Waals surface area contributed by atoms with Gasteiger partial charge in [0.2, 0.25) is 0 Å². The zero-order valence-electron chi connectivity index (χ0n) is 19.0. The quantitative estimate of drug-likeness (QED) is 0.452. The van der Waals surface area contributed by atoms with Crippen molar-refractivity contribution < 1.29 is 22.8 Å². The molecule has 1 aliphatic rings. The number of hydrogen-bond donors (Lipinski definition) is 1. The van der Waals surface area contributed by atoms with Crippen molar-refractivity contribution in [2.75, 3.05) is 5.32 Å². The monoisotopic (exact) mass is 481 g/mol. The fourth-order valence-electron chi connectivity index (χ4n) is 4.56. The molecule has 8 heteroatoms. The van der Waals surface area contributed by atoms with Crippen molar-refractivity contribution in [1.29, 1.82) is 0 Å². The summed E-state index contributed by atoms with van der Waals surface area (Å²) in [5.41, 5.74) is -0.611. The lowest BCUT2D eigenvalue weighted by Gasteiger charge is -2.39. The largest absolute Gasteiger partial charge is 0.418 e. The fourth-order valence-corrected chi connectivity index (χ4v) is 4.56. The van der Waals surface area contributed by atoms with E-state index < -0.39 is 23.7 Å². The Morgan fingerprint density at radius 1 is 0.886 bits per heavy atom. The van der Waals surface area contributed by atoms with Crippen molar-refractivity contribution in [1.82, 2.24) is 9.88 Å². The van der Waals surface area contributed by atoms with Crippen LogP contribution in [-0.4, -0.2) is 27.7 Å². The summed E-state index contributed by atoms with van der Waals surface area (Å²) in [6.07, 6.45) is 1.10. The number of rotatable bonds is 6. The van der Waals surface area contributed by atoms with Crippen LogP contribution in [0.15, 0.2) is 79.0 Å². The van der Waals surface area contributed by atoms with Crippen LogP contribution >= 0.6 is 0 Å². The molecule has 1 fully saturated rings. The predicted molar refractivity (Wildman–Crippen MR) is 127 cm³/mol. The smallest absolute Gasteiger partial charge is 0.323 e. The Bertz CT molecular complexity index is 1150. The van der Waals surface area contributed by atoms with Crippen molar-refractivity contribution in [2.45, 2.75) is 50.4 Å². The summed E-state index contributed by atoms with van der Waals surface area (Å²) in [6, 6.07) is 17.0. The number of benzene rings is 2. The number of carbonyl (C=O) groups is 2. The maximum absolute atomic E-state index is 13.8. The molecule has 1 unspecified atom stereocenters. The molecule has 182 valence electrons. The minimum Gasteiger partial charge on any atom is -0.323 e. The molecule has 0 spiro atoms. The van der Waals surface area contributed by atoms with Crippen LogP contribution in [0.3, 0.4) is 0 Å². The Morgan fingerprint density at radius 3 is 2.20 bits per heavy atom. The van der Waals surface area contributed by atoms with Crippen LogP contribution in [-0.2, 0) is 11.0 Å². The van der Waals surface area contributed by atoms with E-state index in [-0.39, 0.29) is 17.6 Å². The zero-order valence-corrected chi connectivity index (χ0v) is 19.0. The third-order valence-corrected chi connectivity index (χ3v) is 6.21. The Morgan fingerprint density at radius 2 is 1.54 bits per heavy atom. The number of hydrogen-bond acceptors (Lipinski definition) is 3. The summed E-state index contributed by atoms with van der Waals surface area (Å²) in [6.45, 7) is 0. The summed E-state index contributed by atoms with van der Waals surface area (Å²) in [4.78, 5) is 33.3. The molecule has 5 nitrogen and oxygen atoms in total. The summed E-state index contributed by atoms with van der Waals surface area (Å²) < 4.78 is 40.8. The van der Waals surface area contributed by atoms with Gasteiger partial charge in [-0.05, 0) is 49.2 Å². The second-order valence-corrected chi connectivity index (χ2v) is 8.56. The molecular weight excluding hydrogens is 455 g/mol. The van der Waals surface area contributed by atoms with E-state index in [1.165, 1.54) is 29.3 Å². The standard InChI is InChI=1S/C27H26F3N3O2/c28-27(29,30)21-15-7-8-16-22(21)32-25(34)24(23-17-9-10-18-31-23)33(20-13-5-2-6-14-20)26(35)19-11-3-1-4-12-19/h1,3-4,7-12,15-18,20,24H,2,5-6,13-14H2,(H,32,34). The molecule has 35 heavy (non-hydrogen) atoms. The molecule has 1 aliphatic carbocycles. The molecule has 1 saturated carbocycles. The van der Waals surface area contributed by atoms with Crippen molar-refractivity contribution in [2.24, 2.45) is 0 Å². The number of aromatic nitrogens is 1. The first-order valence-electron chi connectivity index (χ1n) is 11.6. The Labute approximate surface area is 202 Å². The Balaban J connectivity index is 1.78. The van der Waals surface area contributed by atoms with Crippen LogP contribution in [0.5, 0.6) is 0 Å². The van der Waals surface area contributed by atoms with Crippen LogP contribution < -0.4 is 5.32 Å². The van der Waals surface area contributed by atoms with E-state index in [1.807, 2.05) is 0 Å². The van der Waals surface area contributed by atoms with E-state index in [4.69, 9.17) is 0 Å². The molecule has 0 bridgehead atoms. The number of nitrogens with zero attached hydrogens (tertiary/aromatic N) is 2. The predicted octanol–water partition coefficient (Wildman–Crippen LogP) is 6.26. The highest BCUT2D eigenvalue weighted by atomic mass is 19.4. The van der Waals surface area contributed by atoms with Crippen molar-refractivity contribution in [3.8, 4) is 0 Å². The number of amides is 2. The van der Waals surface area contributed by atoms with E-state index in [1.54, 1.807) is 48.5 Å². The topological polar surface area (TPSA) is 62.3 Å². The van der Waals surface area contributed by atoms with Gasteiger partial charge in [0.1, 0.15) is 0 Å². The van der Waals surface area contributed by atoms with Gasteiger partial charge in [-0.3, -0.25) is 14.6 Å². The number of pyridine rings is 1. The maximum atomic E-state index is 13.8.